The van der Waals surface area contributed by atoms with Crippen LogP contribution in [0.25, 0.3) is 10.8 Å². The summed E-state index contributed by atoms with van der Waals surface area (Å²) in [6.07, 6.45) is 1.23. The van der Waals surface area contributed by atoms with Crippen LogP contribution in [-0.4, -0.2) is 11.6 Å². The zero-order valence-electron chi connectivity index (χ0n) is 10.3. The summed E-state index contributed by atoms with van der Waals surface area (Å²) >= 11 is 0. The van der Waals surface area contributed by atoms with Gasteiger partial charge in [0.15, 0.2) is 0 Å². The third kappa shape index (κ3) is 1.57. The number of Topliss-reactive ketones (excluding diaryl/α,β-unsaturated/α-hetero) is 2. The lowest BCUT2D eigenvalue weighted by molar-refractivity contribution is -0.128. The van der Waals surface area contributed by atoms with E-state index in [4.69, 9.17) is 0 Å². The van der Waals surface area contributed by atoms with Gasteiger partial charge in [0, 0.05) is 6.42 Å². The van der Waals surface area contributed by atoms with Gasteiger partial charge in [0.05, 0.1) is 0 Å². The second kappa shape index (κ2) is 4.05. The molecule has 0 saturated carbocycles. The summed E-state index contributed by atoms with van der Waals surface area (Å²) in [5.74, 6) is -0.528. The molecule has 0 heterocycles. The third-order valence-electron chi connectivity index (χ3n) is 3.74. The Kier molecular flexibility index (Phi) is 2.51. The fraction of sp³-hybridized carbons (Fsp3) is 0.250. The smallest absolute Gasteiger partial charge is 0.148 e. The average Bonchev–Trinajstić information content (AvgIpc) is 2.37. The van der Waals surface area contributed by atoms with E-state index in [9.17, 15) is 9.59 Å². The molecule has 0 aromatic heterocycles. The van der Waals surface area contributed by atoms with Crippen LogP contribution in [0.4, 0.5) is 0 Å². The SMILES string of the molecule is CC(=O)C1C(=O)CCc2c1ccc1ccccc21. The summed E-state index contributed by atoms with van der Waals surface area (Å²) in [6, 6.07) is 12.1. The van der Waals surface area contributed by atoms with Crippen molar-refractivity contribution in [2.45, 2.75) is 25.7 Å². The van der Waals surface area contributed by atoms with Crippen molar-refractivity contribution in [3.05, 3.63) is 47.5 Å². The predicted octanol–water partition coefficient (Wildman–Crippen LogP) is 3.03. The number of rotatable bonds is 1. The molecule has 0 radical (unpaired) electrons. The van der Waals surface area contributed by atoms with E-state index in [1.54, 1.807) is 0 Å². The van der Waals surface area contributed by atoms with E-state index >= 15 is 0 Å². The first-order chi connectivity index (χ1) is 8.68. The zero-order chi connectivity index (χ0) is 12.7. The monoisotopic (exact) mass is 238 g/mol. The van der Waals surface area contributed by atoms with Crippen molar-refractivity contribution in [1.29, 1.82) is 0 Å². The number of carbonyl (C=O) groups excluding carboxylic acids is 2. The summed E-state index contributed by atoms with van der Waals surface area (Å²) < 4.78 is 0. The highest BCUT2D eigenvalue weighted by molar-refractivity contribution is 6.09. The summed E-state index contributed by atoms with van der Waals surface area (Å²) in [7, 11) is 0. The summed E-state index contributed by atoms with van der Waals surface area (Å²) in [6.45, 7) is 1.51. The first-order valence-electron chi connectivity index (χ1n) is 6.22. The van der Waals surface area contributed by atoms with Gasteiger partial charge < -0.3 is 0 Å². The number of aryl methyl sites for hydroxylation is 1. The number of ketones is 2. The maximum atomic E-state index is 11.9. The Hall–Kier alpha value is -1.96. The highest BCUT2D eigenvalue weighted by Gasteiger charge is 2.31. The van der Waals surface area contributed by atoms with Crippen molar-refractivity contribution in [3.63, 3.8) is 0 Å². The molecule has 0 aliphatic heterocycles. The lowest BCUT2D eigenvalue weighted by Crippen LogP contribution is -2.25. The van der Waals surface area contributed by atoms with E-state index in [2.05, 4.69) is 12.1 Å². The molecule has 18 heavy (non-hydrogen) atoms. The van der Waals surface area contributed by atoms with Gasteiger partial charge in [-0.1, -0.05) is 36.4 Å². The van der Waals surface area contributed by atoms with E-state index < -0.39 is 5.92 Å². The van der Waals surface area contributed by atoms with Crippen LogP contribution in [0.5, 0.6) is 0 Å². The Labute approximate surface area is 106 Å². The molecule has 90 valence electrons. The topological polar surface area (TPSA) is 34.1 Å². The first kappa shape index (κ1) is 11.1. The lowest BCUT2D eigenvalue weighted by Gasteiger charge is -2.23. The van der Waals surface area contributed by atoms with E-state index in [-0.39, 0.29) is 11.6 Å². The Balaban J connectivity index is 2.29. The Morgan fingerprint density at radius 1 is 1.11 bits per heavy atom. The lowest BCUT2D eigenvalue weighted by atomic mass is 9.78. The number of benzene rings is 2. The normalized spacial score (nSPS) is 18.7. The summed E-state index contributed by atoms with van der Waals surface area (Å²) in [5.41, 5.74) is 2.09. The molecule has 0 spiro atoms. The van der Waals surface area contributed by atoms with Gasteiger partial charge in [0.2, 0.25) is 0 Å². The van der Waals surface area contributed by atoms with Crippen LogP contribution >= 0.6 is 0 Å². The third-order valence-corrected chi connectivity index (χ3v) is 3.74. The van der Waals surface area contributed by atoms with Gasteiger partial charge in [-0.25, -0.2) is 0 Å². The number of fused-ring (bicyclic) bond motifs is 3. The minimum Gasteiger partial charge on any atom is -0.299 e. The summed E-state index contributed by atoms with van der Waals surface area (Å²) in [4.78, 5) is 23.6. The van der Waals surface area contributed by atoms with Crippen molar-refractivity contribution in [1.82, 2.24) is 0 Å². The van der Waals surface area contributed by atoms with Crippen molar-refractivity contribution in [2.24, 2.45) is 0 Å². The van der Waals surface area contributed by atoms with Crippen molar-refractivity contribution in [2.75, 3.05) is 0 Å². The molecule has 1 unspecified atom stereocenters. The van der Waals surface area contributed by atoms with Gasteiger partial charge in [0.25, 0.3) is 0 Å². The van der Waals surface area contributed by atoms with E-state index in [1.807, 2.05) is 24.3 Å². The zero-order valence-corrected chi connectivity index (χ0v) is 10.3. The van der Waals surface area contributed by atoms with E-state index in [0.29, 0.717) is 6.42 Å². The second-order valence-electron chi connectivity index (χ2n) is 4.86. The van der Waals surface area contributed by atoms with Crippen LogP contribution in [0, 0.1) is 0 Å². The molecule has 1 aliphatic rings. The van der Waals surface area contributed by atoms with Gasteiger partial charge >= 0.3 is 0 Å². The molecule has 2 heteroatoms. The molecule has 3 rings (SSSR count). The molecule has 2 aromatic rings. The molecule has 1 aliphatic carbocycles. The Morgan fingerprint density at radius 2 is 1.89 bits per heavy atom. The van der Waals surface area contributed by atoms with Crippen LogP contribution in [0.15, 0.2) is 36.4 Å². The number of carbonyl (C=O) groups is 2. The first-order valence-corrected chi connectivity index (χ1v) is 6.22. The minimum absolute atomic E-state index is 0.0452. The second-order valence-corrected chi connectivity index (χ2v) is 4.86. The fourth-order valence-corrected chi connectivity index (χ4v) is 2.91. The van der Waals surface area contributed by atoms with Crippen LogP contribution in [0.3, 0.4) is 0 Å². The molecule has 0 N–H and O–H groups in total. The molecule has 2 nitrogen and oxygen atoms in total. The van der Waals surface area contributed by atoms with Gasteiger partial charge in [-0.3, -0.25) is 9.59 Å². The standard InChI is InChI=1S/C16H14O2/c1-10(17)16-14-7-6-11-4-2-3-5-12(11)13(14)8-9-15(16)18/h2-7,16H,8-9H2,1H3. The molecule has 1 atom stereocenters. The fourth-order valence-electron chi connectivity index (χ4n) is 2.91. The molecular formula is C16H14O2. The average molecular weight is 238 g/mol. The van der Waals surface area contributed by atoms with Crippen LogP contribution in [-0.2, 0) is 16.0 Å². The highest BCUT2D eigenvalue weighted by atomic mass is 16.1. The van der Waals surface area contributed by atoms with Crippen LogP contribution in [0.1, 0.15) is 30.4 Å². The predicted molar refractivity (Wildman–Crippen MR) is 70.7 cm³/mol. The van der Waals surface area contributed by atoms with Crippen molar-refractivity contribution < 1.29 is 9.59 Å². The van der Waals surface area contributed by atoms with Gasteiger partial charge in [-0.2, -0.15) is 0 Å². The van der Waals surface area contributed by atoms with E-state index in [1.165, 1.54) is 23.3 Å². The molecule has 0 amide bonds. The molecule has 2 aromatic carbocycles. The van der Waals surface area contributed by atoms with Crippen molar-refractivity contribution in [3.8, 4) is 0 Å². The quantitative estimate of drug-likeness (QED) is 0.716. The molecule has 0 fully saturated rings. The number of hydrogen-bond acceptors (Lipinski definition) is 2. The van der Waals surface area contributed by atoms with Crippen molar-refractivity contribution >= 4 is 22.3 Å². The minimum atomic E-state index is -0.543. The van der Waals surface area contributed by atoms with Crippen LogP contribution in [0.2, 0.25) is 0 Å². The maximum absolute atomic E-state index is 11.9. The largest absolute Gasteiger partial charge is 0.299 e. The maximum Gasteiger partial charge on any atom is 0.148 e. The molecular weight excluding hydrogens is 224 g/mol. The van der Waals surface area contributed by atoms with Crippen LogP contribution < -0.4 is 0 Å². The highest BCUT2D eigenvalue weighted by Crippen LogP contribution is 2.34. The van der Waals surface area contributed by atoms with Gasteiger partial charge in [-0.05, 0) is 35.2 Å². The van der Waals surface area contributed by atoms with E-state index in [0.717, 1.165) is 12.0 Å². The Bertz CT molecular complexity index is 655. The molecule has 0 saturated heterocycles. The summed E-state index contributed by atoms with van der Waals surface area (Å²) in [5, 5.41) is 2.35. The van der Waals surface area contributed by atoms with Gasteiger partial charge in [0.1, 0.15) is 17.5 Å². The number of hydrogen-bond donors (Lipinski definition) is 0. The molecule has 0 bridgehead atoms. The van der Waals surface area contributed by atoms with Gasteiger partial charge in [-0.15, -0.1) is 0 Å². The Morgan fingerprint density at radius 3 is 2.67 bits per heavy atom.